The minimum Gasteiger partial charge on any atom is -0.465 e. The number of para-hydroxylation sites is 1. The summed E-state index contributed by atoms with van der Waals surface area (Å²) < 4.78 is 33.5. The predicted octanol–water partition coefficient (Wildman–Crippen LogP) is 3.33. The minimum absolute atomic E-state index is 0.00187. The number of ether oxygens (including phenoxy) is 1. The largest absolute Gasteiger partial charge is 0.465 e. The molecule has 158 valence electrons. The number of amides is 1. The van der Waals surface area contributed by atoms with Gasteiger partial charge in [0.05, 0.1) is 19.2 Å². The quantitative estimate of drug-likeness (QED) is 0.711. The first kappa shape index (κ1) is 20.6. The maximum atomic E-state index is 13.1. The van der Waals surface area contributed by atoms with Crippen LogP contribution in [0.2, 0.25) is 0 Å². The summed E-state index contributed by atoms with van der Waals surface area (Å²) in [5, 5.41) is 0. The molecule has 0 radical (unpaired) electrons. The Morgan fingerprint density at radius 1 is 1.17 bits per heavy atom. The number of esters is 1. The molecule has 4 rings (SSSR count). The third kappa shape index (κ3) is 3.87. The van der Waals surface area contributed by atoms with Gasteiger partial charge < -0.3 is 9.64 Å². The fraction of sp³-hybridized carbons (Fsp3) is 0.333. The van der Waals surface area contributed by atoms with Gasteiger partial charge in [0, 0.05) is 22.7 Å². The van der Waals surface area contributed by atoms with Gasteiger partial charge in [0.15, 0.2) is 4.21 Å². The molecule has 1 aliphatic heterocycles. The van der Waals surface area contributed by atoms with E-state index in [1.165, 1.54) is 7.11 Å². The fourth-order valence-corrected chi connectivity index (χ4v) is 6.79. The van der Waals surface area contributed by atoms with Crippen LogP contribution in [0.1, 0.15) is 40.1 Å². The molecule has 30 heavy (non-hydrogen) atoms. The number of carbonyl (C=O) groups is 2. The van der Waals surface area contributed by atoms with Gasteiger partial charge in [-0.1, -0.05) is 24.3 Å². The second kappa shape index (κ2) is 8.23. The minimum atomic E-state index is -3.99. The first-order chi connectivity index (χ1) is 14.4. The van der Waals surface area contributed by atoms with Crippen molar-refractivity contribution in [2.45, 2.75) is 36.4 Å². The summed E-state index contributed by atoms with van der Waals surface area (Å²) in [5.74, 6) is -0.683. The lowest BCUT2D eigenvalue weighted by atomic mass is 10.0. The molecule has 0 atom stereocenters. The Morgan fingerprint density at radius 2 is 1.93 bits per heavy atom. The van der Waals surface area contributed by atoms with Crippen LogP contribution in [-0.2, 0) is 32.5 Å². The number of sulfonamides is 1. The maximum Gasteiger partial charge on any atom is 0.340 e. The van der Waals surface area contributed by atoms with E-state index in [0.29, 0.717) is 35.6 Å². The highest BCUT2D eigenvalue weighted by molar-refractivity contribution is 7.94. The van der Waals surface area contributed by atoms with Crippen LogP contribution in [0.5, 0.6) is 0 Å². The number of thiophene rings is 1. The first-order valence-corrected chi connectivity index (χ1v) is 12.0. The van der Waals surface area contributed by atoms with Gasteiger partial charge >= 0.3 is 5.97 Å². The molecule has 0 fully saturated rings. The summed E-state index contributed by atoms with van der Waals surface area (Å²) in [5.41, 5.74) is 1.96. The van der Waals surface area contributed by atoms with Crippen LogP contribution in [0.15, 0.2) is 46.2 Å². The van der Waals surface area contributed by atoms with Gasteiger partial charge in [-0.05, 0) is 43.4 Å². The second-order valence-corrected chi connectivity index (χ2v) is 10.2. The van der Waals surface area contributed by atoms with Crippen LogP contribution in [0.25, 0.3) is 0 Å². The third-order valence-corrected chi connectivity index (χ3v) is 8.40. The van der Waals surface area contributed by atoms with Crippen LogP contribution in [0.4, 0.5) is 5.69 Å². The molecule has 7 nitrogen and oxygen atoms in total. The van der Waals surface area contributed by atoms with Gasteiger partial charge in [0.1, 0.15) is 0 Å². The number of anilines is 1. The van der Waals surface area contributed by atoms with Crippen molar-refractivity contribution in [3.8, 4) is 0 Å². The Labute approximate surface area is 179 Å². The number of methoxy groups -OCH3 is 1. The number of rotatable bonds is 5. The van der Waals surface area contributed by atoms with E-state index in [0.717, 1.165) is 36.2 Å². The molecule has 1 aromatic heterocycles. The molecule has 1 aliphatic carbocycles. The van der Waals surface area contributed by atoms with Gasteiger partial charge in [-0.25, -0.2) is 13.2 Å². The molecule has 2 heterocycles. The van der Waals surface area contributed by atoms with Gasteiger partial charge in [-0.3, -0.25) is 9.52 Å². The van der Waals surface area contributed by atoms with Crippen LogP contribution in [0.3, 0.4) is 0 Å². The lowest BCUT2D eigenvalue weighted by molar-refractivity contribution is -0.128. The zero-order valence-corrected chi connectivity index (χ0v) is 18.1. The van der Waals surface area contributed by atoms with E-state index in [9.17, 15) is 18.0 Å². The SMILES string of the molecule is COC(=O)c1c(S(=O)(=O)Nc2ccccc2)sc2c1CCN(C(=O)C1=CCCC1)C2. The molecular formula is C21H22N2O5S2. The van der Waals surface area contributed by atoms with Crippen molar-refractivity contribution >= 4 is 38.9 Å². The Morgan fingerprint density at radius 3 is 2.60 bits per heavy atom. The number of hydrogen-bond donors (Lipinski definition) is 1. The molecule has 2 aromatic rings. The Hall–Kier alpha value is -2.65. The van der Waals surface area contributed by atoms with Crippen molar-refractivity contribution in [2.24, 2.45) is 0 Å². The van der Waals surface area contributed by atoms with Crippen molar-refractivity contribution in [2.75, 3.05) is 18.4 Å². The summed E-state index contributed by atoms with van der Waals surface area (Å²) in [7, 11) is -2.76. The van der Waals surface area contributed by atoms with Gasteiger partial charge in [0.25, 0.3) is 10.0 Å². The van der Waals surface area contributed by atoms with Gasteiger partial charge in [0.2, 0.25) is 5.91 Å². The van der Waals surface area contributed by atoms with Crippen molar-refractivity contribution in [3.05, 3.63) is 58.0 Å². The van der Waals surface area contributed by atoms with Gasteiger partial charge in [-0.2, -0.15) is 0 Å². The van der Waals surface area contributed by atoms with Crippen LogP contribution in [0, 0.1) is 0 Å². The van der Waals surface area contributed by atoms with E-state index in [2.05, 4.69) is 4.72 Å². The third-order valence-electron chi connectivity index (χ3n) is 5.29. The van der Waals surface area contributed by atoms with E-state index in [4.69, 9.17) is 4.74 Å². The first-order valence-electron chi connectivity index (χ1n) is 9.69. The second-order valence-electron chi connectivity index (χ2n) is 7.23. The predicted molar refractivity (Wildman–Crippen MR) is 114 cm³/mol. The highest BCUT2D eigenvalue weighted by Crippen LogP contribution is 2.38. The van der Waals surface area contributed by atoms with E-state index in [-0.39, 0.29) is 15.7 Å². The van der Waals surface area contributed by atoms with E-state index < -0.39 is 16.0 Å². The number of nitrogens with zero attached hydrogens (tertiary/aromatic N) is 1. The highest BCUT2D eigenvalue weighted by atomic mass is 32.2. The highest BCUT2D eigenvalue weighted by Gasteiger charge is 2.35. The molecule has 0 saturated carbocycles. The van der Waals surface area contributed by atoms with Crippen molar-refractivity contribution < 1.29 is 22.7 Å². The molecule has 1 N–H and O–H groups in total. The lowest BCUT2D eigenvalue weighted by Crippen LogP contribution is -2.36. The number of hydrogen-bond acceptors (Lipinski definition) is 6. The van der Waals surface area contributed by atoms with E-state index in [1.54, 1.807) is 35.2 Å². The number of benzene rings is 1. The van der Waals surface area contributed by atoms with E-state index >= 15 is 0 Å². The Balaban J connectivity index is 1.69. The zero-order chi connectivity index (χ0) is 21.3. The average molecular weight is 447 g/mol. The summed E-state index contributed by atoms with van der Waals surface area (Å²) >= 11 is 1.03. The molecule has 1 aromatic carbocycles. The molecule has 0 spiro atoms. The molecule has 0 saturated heterocycles. The van der Waals surface area contributed by atoms with Crippen molar-refractivity contribution in [3.63, 3.8) is 0 Å². The van der Waals surface area contributed by atoms with Crippen LogP contribution < -0.4 is 4.72 Å². The van der Waals surface area contributed by atoms with E-state index in [1.807, 2.05) is 6.08 Å². The number of fused-ring (bicyclic) bond motifs is 1. The summed E-state index contributed by atoms with van der Waals surface area (Å²) in [4.78, 5) is 27.7. The van der Waals surface area contributed by atoms with Crippen LogP contribution in [-0.4, -0.2) is 38.8 Å². The molecular weight excluding hydrogens is 424 g/mol. The maximum absolute atomic E-state index is 13.1. The number of nitrogens with one attached hydrogen (secondary N) is 1. The molecule has 0 unspecified atom stereocenters. The Kier molecular flexibility index (Phi) is 5.66. The zero-order valence-electron chi connectivity index (χ0n) is 16.5. The molecule has 9 heteroatoms. The normalized spacial score (nSPS) is 16.0. The fourth-order valence-electron chi connectivity index (χ4n) is 3.83. The lowest BCUT2D eigenvalue weighted by Gasteiger charge is -2.27. The number of carbonyl (C=O) groups excluding carboxylic acids is 2. The smallest absolute Gasteiger partial charge is 0.340 e. The average Bonchev–Trinajstić information content (AvgIpc) is 3.41. The van der Waals surface area contributed by atoms with Crippen LogP contribution >= 0.6 is 11.3 Å². The standard InChI is InChI=1S/C21H22N2O5S2/c1-28-20(25)18-16-11-12-23(19(24)14-7-5-6-8-14)13-17(16)29-21(18)30(26,27)22-15-9-3-2-4-10-15/h2-4,7,9-10,22H,5-6,8,11-13H2,1H3. The van der Waals surface area contributed by atoms with Gasteiger partial charge in [-0.15, -0.1) is 11.3 Å². The summed E-state index contributed by atoms with van der Waals surface area (Å²) in [6, 6.07) is 8.50. The monoisotopic (exact) mass is 446 g/mol. The molecule has 1 amide bonds. The number of allylic oxidation sites excluding steroid dienone is 1. The Bertz CT molecular complexity index is 1120. The topological polar surface area (TPSA) is 92.8 Å². The summed E-state index contributed by atoms with van der Waals surface area (Å²) in [6.45, 7) is 0.733. The molecule has 0 bridgehead atoms. The molecule has 2 aliphatic rings. The summed E-state index contributed by atoms with van der Waals surface area (Å²) in [6.07, 6.45) is 5.07. The van der Waals surface area contributed by atoms with Crippen molar-refractivity contribution in [1.29, 1.82) is 0 Å². The van der Waals surface area contributed by atoms with Crippen molar-refractivity contribution in [1.82, 2.24) is 4.90 Å².